The van der Waals surface area contributed by atoms with Crippen molar-refractivity contribution < 1.29 is 4.74 Å². The summed E-state index contributed by atoms with van der Waals surface area (Å²) >= 11 is 0. The topological polar surface area (TPSA) is 47.9 Å². The van der Waals surface area contributed by atoms with Crippen LogP contribution in [0.15, 0.2) is 224 Å². The zero-order valence-electron chi connectivity index (χ0n) is 34.6. The maximum absolute atomic E-state index is 6.92. The average Bonchev–Trinajstić information content (AvgIpc) is 3.66. The summed E-state index contributed by atoms with van der Waals surface area (Å²) in [5.74, 6) is 2.46. The fourth-order valence-electron chi connectivity index (χ4n) is 10.2. The Morgan fingerprint density at radius 2 is 0.828 bits per heavy atom. The zero-order valence-corrected chi connectivity index (χ0v) is 34.6. The fourth-order valence-corrected chi connectivity index (χ4v) is 10.2. The maximum Gasteiger partial charge on any atom is 0.160 e. The molecule has 0 fully saturated rings. The van der Waals surface area contributed by atoms with Crippen LogP contribution in [0.1, 0.15) is 22.3 Å². The molecule has 0 atom stereocenters. The summed E-state index contributed by atoms with van der Waals surface area (Å²) < 4.78 is 6.92. The molecule has 0 amide bonds. The summed E-state index contributed by atoms with van der Waals surface area (Å²) in [4.78, 5) is 15.5. The van der Waals surface area contributed by atoms with Crippen LogP contribution in [0.25, 0.3) is 89.1 Å². The molecule has 0 unspecified atom stereocenters. The molecule has 0 N–H and O–H groups in total. The lowest BCUT2D eigenvalue weighted by Crippen LogP contribution is -2.32. The van der Waals surface area contributed by atoms with Gasteiger partial charge in [0.1, 0.15) is 11.5 Å². The van der Waals surface area contributed by atoms with E-state index in [1.54, 1.807) is 0 Å². The predicted molar refractivity (Wildman–Crippen MR) is 259 cm³/mol. The number of pyridine rings is 1. The lowest BCUT2D eigenvalue weighted by Gasteiger charge is -2.39. The van der Waals surface area contributed by atoms with Crippen LogP contribution in [-0.2, 0) is 5.41 Å². The number of benzene rings is 9. The van der Waals surface area contributed by atoms with Crippen molar-refractivity contribution in [1.82, 2.24) is 15.0 Å². The third kappa shape index (κ3) is 5.52. The number of rotatable bonds is 5. The number of aromatic nitrogens is 3. The molecular formula is C60H37N3O. The minimum absolute atomic E-state index is 0.567. The summed E-state index contributed by atoms with van der Waals surface area (Å²) in [6.07, 6.45) is 0. The van der Waals surface area contributed by atoms with E-state index in [1.807, 2.05) is 36.4 Å². The number of hydrogen-bond acceptors (Lipinski definition) is 4. The Labute approximate surface area is 370 Å². The monoisotopic (exact) mass is 815 g/mol. The first-order chi connectivity index (χ1) is 31.7. The average molecular weight is 816 g/mol. The van der Waals surface area contributed by atoms with Gasteiger partial charge >= 0.3 is 0 Å². The van der Waals surface area contributed by atoms with Crippen molar-refractivity contribution in [2.24, 2.45) is 0 Å². The molecule has 4 nitrogen and oxygen atoms in total. The Morgan fingerprint density at radius 1 is 0.312 bits per heavy atom. The first-order valence-corrected chi connectivity index (χ1v) is 21.8. The van der Waals surface area contributed by atoms with Crippen molar-refractivity contribution in [3.63, 3.8) is 0 Å². The van der Waals surface area contributed by atoms with Gasteiger partial charge in [-0.2, -0.15) is 0 Å². The van der Waals surface area contributed by atoms with Crippen molar-refractivity contribution in [3.05, 3.63) is 247 Å². The number of fused-ring (bicyclic) bond motifs is 12. The van der Waals surface area contributed by atoms with Crippen LogP contribution >= 0.6 is 0 Å². The van der Waals surface area contributed by atoms with Crippen molar-refractivity contribution in [1.29, 1.82) is 0 Å². The highest BCUT2D eigenvalue weighted by Crippen LogP contribution is 2.62. The van der Waals surface area contributed by atoms with E-state index >= 15 is 0 Å². The molecule has 1 aliphatic carbocycles. The summed E-state index contributed by atoms with van der Waals surface area (Å²) in [7, 11) is 0. The van der Waals surface area contributed by atoms with Crippen LogP contribution in [0.3, 0.4) is 0 Å². The molecule has 2 aliphatic rings. The van der Waals surface area contributed by atoms with Gasteiger partial charge in [0.2, 0.25) is 0 Å². The summed E-state index contributed by atoms with van der Waals surface area (Å²) in [6, 6.07) is 79.5. The highest BCUT2D eigenvalue weighted by molar-refractivity contribution is 6.12. The molecule has 298 valence electrons. The Bertz CT molecular complexity index is 3520. The second-order valence-electron chi connectivity index (χ2n) is 16.7. The highest BCUT2D eigenvalue weighted by atomic mass is 16.5. The molecule has 4 heteroatoms. The van der Waals surface area contributed by atoms with Gasteiger partial charge < -0.3 is 4.74 Å². The van der Waals surface area contributed by atoms with Gasteiger partial charge in [0, 0.05) is 44.2 Å². The van der Waals surface area contributed by atoms with Crippen LogP contribution in [0.5, 0.6) is 11.5 Å². The van der Waals surface area contributed by atoms with E-state index in [1.165, 1.54) is 22.3 Å². The van der Waals surface area contributed by atoms with Crippen LogP contribution in [-0.4, -0.2) is 15.0 Å². The third-order valence-electron chi connectivity index (χ3n) is 13.2. The molecule has 2 aromatic heterocycles. The van der Waals surface area contributed by atoms with E-state index in [0.29, 0.717) is 5.82 Å². The van der Waals surface area contributed by atoms with E-state index in [4.69, 9.17) is 19.7 Å². The van der Waals surface area contributed by atoms with Crippen LogP contribution in [0.4, 0.5) is 0 Å². The van der Waals surface area contributed by atoms with Gasteiger partial charge in [-0.15, -0.1) is 0 Å². The summed E-state index contributed by atoms with van der Waals surface area (Å²) in [5, 5.41) is 3.30. The quantitative estimate of drug-likeness (QED) is 0.162. The molecule has 9 aromatic carbocycles. The summed E-state index contributed by atoms with van der Waals surface area (Å²) in [6.45, 7) is 0. The van der Waals surface area contributed by atoms with Crippen LogP contribution in [0, 0.1) is 0 Å². The molecule has 3 heterocycles. The molecule has 13 rings (SSSR count). The molecule has 1 aliphatic heterocycles. The molecule has 11 aromatic rings. The zero-order chi connectivity index (χ0) is 42.2. The molecule has 0 bridgehead atoms. The van der Waals surface area contributed by atoms with Crippen molar-refractivity contribution in [2.75, 3.05) is 0 Å². The Morgan fingerprint density at radius 3 is 1.50 bits per heavy atom. The van der Waals surface area contributed by atoms with Gasteiger partial charge in [0.25, 0.3) is 0 Å². The SMILES string of the molecule is c1ccc(-c2cc(-c3ccc(-c4ccc(-c5nc6ccccc6c6cc7c(cc56)C5(c6ccccc6O7)c6ccccc6-c6ccccc65)cc4)cc3)nc(-c3ccccc3)n2)cc1. The number of hydrogen-bond donors (Lipinski definition) is 0. The molecule has 0 saturated carbocycles. The van der Waals surface area contributed by atoms with E-state index < -0.39 is 5.41 Å². The van der Waals surface area contributed by atoms with Gasteiger partial charge in [-0.25, -0.2) is 15.0 Å². The largest absolute Gasteiger partial charge is 0.457 e. The predicted octanol–water partition coefficient (Wildman–Crippen LogP) is 15.0. The van der Waals surface area contributed by atoms with Gasteiger partial charge in [-0.3, -0.25) is 0 Å². The molecule has 0 radical (unpaired) electrons. The molecule has 1 spiro atoms. The second-order valence-corrected chi connectivity index (χ2v) is 16.7. The normalized spacial score (nSPS) is 12.9. The first-order valence-electron chi connectivity index (χ1n) is 21.8. The fraction of sp³-hybridized carbons (Fsp3) is 0.0167. The number of para-hydroxylation sites is 2. The van der Waals surface area contributed by atoms with Gasteiger partial charge in [0.05, 0.1) is 28.0 Å². The van der Waals surface area contributed by atoms with Gasteiger partial charge in [-0.05, 0) is 69.1 Å². The lowest BCUT2D eigenvalue weighted by molar-refractivity contribution is 0.437. The Balaban J connectivity index is 0.928. The maximum atomic E-state index is 6.92. The van der Waals surface area contributed by atoms with Crippen LogP contribution in [0.2, 0.25) is 0 Å². The van der Waals surface area contributed by atoms with Crippen molar-refractivity contribution >= 4 is 21.7 Å². The number of nitrogens with zero attached hydrogens (tertiary/aromatic N) is 3. The smallest absolute Gasteiger partial charge is 0.160 e. The lowest BCUT2D eigenvalue weighted by atomic mass is 9.65. The molecule has 0 saturated heterocycles. The third-order valence-corrected chi connectivity index (χ3v) is 13.2. The van der Waals surface area contributed by atoms with Gasteiger partial charge in [0.15, 0.2) is 5.82 Å². The Hall–Kier alpha value is -8.47. The van der Waals surface area contributed by atoms with Crippen molar-refractivity contribution in [2.45, 2.75) is 5.41 Å². The van der Waals surface area contributed by atoms with E-state index in [9.17, 15) is 0 Å². The van der Waals surface area contributed by atoms with Crippen LogP contribution < -0.4 is 4.74 Å². The highest BCUT2D eigenvalue weighted by Gasteiger charge is 2.51. The summed E-state index contributed by atoms with van der Waals surface area (Å²) in [5.41, 5.74) is 16.8. The van der Waals surface area contributed by atoms with E-state index in [-0.39, 0.29) is 0 Å². The Kier molecular flexibility index (Phi) is 8.09. The molecule has 64 heavy (non-hydrogen) atoms. The molecular weight excluding hydrogens is 779 g/mol. The van der Waals surface area contributed by atoms with Crippen molar-refractivity contribution in [3.8, 4) is 78.9 Å². The number of ether oxygens (including phenoxy) is 1. The van der Waals surface area contributed by atoms with E-state index in [0.717, 1.165) is 94.8 Å². The van der Waals surface area contributed by atoms with E-state index in [2.05, 4.69) is 188 Å². The standard InChI is InChI=1S/C60H37N3O/c1-3-15-40(16-4-1)54-37-55(63-59(62-54)43-17-5-2-6-18-43)41-31-27-38(28-32-41)39-29-33-42(34-30-39)58-48-35-52-57(36-47(48)46-21-9-13-25-53(46)61-58)64-56-26-14-12-24-51(56)60(52)49-22-10-7-19-44(49)45-20-8-11-23-50(45)60/h1-37H. The van der Waals surface area contributed by atoms with Gasteiger partial charge in [-0.1, -0.05) is 194 Å². The minimum atomic E-state index is -0.567. The first kappa shape index (κ1) is 36.2. The minimum Gasteiger partial charge on any atom is -0.457 e. The second kappa shape index (κ2) is 14.3.